The second-order valence-electron chi connectivity index (χ2n) is 4.30. The molecule has 0 saturated carbocycles. The number of halogens is 1. The Morgan fingerprint density at radius 2 is 1.62 bits per heavy atom. The average molecular weight is 283 g/mol. The number of nitriles is 1. The first-order valence-corrected chi connectivity index (χ1v) is 5.87. The fraction of sp³-hybridized carbons (Fsp3) is 0. The Kier molecular flexibility index (Phi) is 3.67. The van der Waals surface area contributed by atoms with Crippen molar-refractivity contribution in [3.8, 4) is 17.2 Å². The molecule has 0 heterocycles. The summed E-state index contributed by atoms with van der Waals surface area (Å²) in [5.41, 5.74) is 11.0. The summed E-state index contributed by atoms with van der Waals surface area (Å²) in [7, 11) is 0. The van der Waals surface area contributed by atoms with Crippen molar-refractivity contribution in [2.75, 3.05) is 0 Å². The highest BCUT2D eigenvalue weighted by molar-refractivity contribution is 6.08. The Balaban J connectivity index is 2.84. The number of nitrogens with two attached hydrogens (primary N) is 2. The van der Waals surface area contributed by atoms with Gasteiger partial charge in [0.1, 0.15) is 5.82 Å². The van der Waals surface area contributed by atoms with Crippen molar-refractivity contribution >= 4 is 11.8 Å². The number of primary amides is 2. The standard InChI is InChI=1S/C15H10FN3O2/c16-10-5-8(7-17)4-9(6-10)13-11(14(18)20)2-1-3-12(13)15(19)21/h1-6H,(H2,18,20)(H2,19,21). The summed E-state index contributed by atoms with van der Waals surface area (Å²) in [4.78, 5) is 23.0. The Morgan fingerprint density at radius 3 is 2.10 bits per heavy atom. The van der Waals surface area contributed by atoms with E-state index in [1.54, 1.807) is 6.07 Å². The van der Waals surface area contributed by atoms with E-state index in [0.717, 1.165) is 12.1 Å². The van der Waals surface area contributed by atoms with Crippen LogP contribution in [0.15, 0.2) is 36.4 Å². The monoisotopic (exact) mass is 283 g/mol. The Morgan fingerprint density at radius 1 is 1.05 bits per heavy atom. The molecule has 2 aromatic rings. The van der Waals surface area contributed by atoms with Crippen LogP contribution in [0, 0.1) is 17.1 Å². The van der Waals surface area contributed by atoms with Gasteiger partial charge in [-0.05, 0) is 35.9 Å². The van der Waals surface area contributed by atoms with Crippen LogP contribution in [0.1, 0.15) is 26.3 Å². The molecule has 0 spiro atoms. The van der Waals surface area contributed by atoms with E-state index in [9.17, 15) is 14.0 Å². The van der Waals surface area contributed by atoms with Gasteiger partial charge in [0, 0.05) is 16.7 Å². The topological polar surface area (TPSA) is 110 Å². The SMILES string of the molecule is N#Cc1cc(F)cc(-c2c(C(N)=O)cccc2C(N)=O)c1. The number of carbonyl (C=O) groups is 2. The molecule has 0 aromatic heterocycles. The van der Waals surface area contributed by atoms with Gasteiger partial charge in [0.2, 0.25) is 11.8 Å². The number of rotatable bonds is 3. The van der Waals surface area contributed by atoms with Crippen LogP contribution in [0.2, 0.25) is 0 Å². The maximum absolute atomic E-state index is 13.6. The molecule has 0 aliphatic heterocycles. The Labute approximate surface area is 119 Å². The first kappa shape index (κ1) is 14.2. The van der Waals surface area contributed by atoms with Crippen molar-refractivity contribution in [1.29, 1.82) is 5.26 Å². The third-order valence-electron chi connectivity index (χ3n) is 2.91. The molecule has 104 valence electrons. The van der Waals surface area contributed by atoms with Crippen molar-refractivity contribution in [3.63, 3.8) is 0 Å². The van der Waals surface area contributed by atoms with Gasteiger partial charge < -0.3 is 11.5 Å². The highest BCUT2D eigenvalue weighted by Gasteiger charge is 2.18. The van der Waals surface area contributed by atoms with Crippen molar-refractivity contribution in [2.24, 2.45) is 11.5 Å². The third-order valence-corrected chi connectivity index (χ3v) is 2.91. The van der Waals surface area contributed by atoms with E-state index in [4.69, 9.17) is 16.7 Å². The van der Waals surface area contributed by atoms with E-state index in [2.05, 4.69) is 0 Å². The van der Waals surface area contributed by atoms with Crippen LogP contribution in [0.4, 0.5) is 4.39 Å². The van der Waals surface area contributed by atoms with E-state index in [0.29, 0.717) is 0 Å². The molecule has 0 unspecified atom stereocenters. The Hall–Kier alpha value is -3.20. The van der Waals surface area contributed by atoms with Gasteiger partial charge in [-0.2, -0.15) is 5.26 Å². The summed E-state index contributed by atoms with van der Waals surface area (Å²) in [6.07, 6.45) is 0. The van der Waals surface area contributed by atoms with Crippen LogP contribution in [0.5, 0.6) is 0 Å². The quantitative estimate of drug-likeness (QED) is 0.891. The number of benzene rings is 2. The third kappa shape index (κ3) is 2.72. The maximum Gasteiger partial charge on any atom is 0.249 e. The zero-order valence-corrected chi connectivity index (χ0v) is 10.8. The predicted molar refractivity (Wildman–Crippen MR) is 73.6 cm³/mol. The molecule has 5 nitrogen and oxygen atoms in total. The summed E-state index contributed by atoms with van der Waals surface area (Å²) in [5, 5.41) is 8.89. The van der Waals surface area contributed by atoms with Gasteiger partial charge in [-0.15, -0.1) is 0 Å². The molecule has 0 radical (unpaired) electrons. The smallest absolute Gasteiger partial charge is 0.249 e. The molecule has 0 atom stereocenters. The minimum Gasteiger partial charge on any atom is -0.366 e. The van der Waals surface area contributed by atoms with Gasteiger partial charge in [0.05, 0.1) is 11.6 Å². The molecule has 2 amide bonds. The summed E-state index contributed by atoms with van der Waals surface area (Å²) >= 11 is 0. The largest absolute Gasteiger partial charge is 0.366 e. The van der Waals surface area contributed by atoms with Crippen LogP contribution in [-0.4, -0.2) is 11.8 Å². The lowest BCUT2D eigenvalue weighted by molar-refractivity contribution is 0.0999. The van der Waals surface area contributed by atoms with E-state index in [-0.39, 0.29) is 27.8 Å². The molecule has 4 N–H and O–H groups in total. The van der Waals surface area contributed by atoms with Crippen LogP contribution < -0.4 is 11.5 Å². The average Bonchev–Trinajstić information content (AvgIpc) is 2.45. The first-order chi connectivity index (χ1) is 9.93. The minimum absolute atomic E-state index is 0.0285. The van der Waals surface area contributed by atoms with Gasteiger partial charge in [0.25, 0.3) is 0 Å². The van der Waals surface area contributed by atoms with E-state index in [1.165, 1.54) is 24.3 Å². The molecule has 0 fully saturated rings. The lowest BCUT2D eigenvalue weighted by Gasteiger charge is -2.11. The zero-order valence-electron chi connectivity index (χ0n) is 10.8. The minimum atomic E-state index is -0.782. The molecular weight excluding hydrogens is 273 g/mol. The molecule has 0 aliphatic rings. The summed E-state index contributed by atoms with van der Waals surface area (Å²) in [6.45, 7) is 0. The van der Waals surface area contributed by atoms with E-state index in [1.807, 2.05) is 0 Å². The molecule has 0 saturated heterocycles. The van der Waals surface area contributed by atoms with Gasteiger partial charge in [-0.3, -0.25) is 9.59 Å². The van der Waals surface area contributed by atoms with E-state index < -0.39 is 17.6 Å². The van der Waals surface area contributed by atoms with Gasteiger partial charge in [-0.25, -0.2) is 4.39 Å². The van der Waals surface area contributed by atoms with Crippen LogP contribution in [0.3, 0.4) is 0 Å². The van der Waals surface area contributed by atoms with Crippen molar-refractivity contribution in [2.45, 2.75) is 0 Å². The van der Waals surface area contributed by atoms with Crippen molar-refractivity contribution in [1.82, 2.24) is 0 Å². The lowest BCUT2D eigenvalue weighted by Crippen LogP contribution is -2.18. The molecule has 0 aliphatic carbocycles. The van der Waals surface area contributed by atoms with Crippen molar-refractivity contribution < 1.29 is 14.0 Å². The molecule has 2 aromatic carbocycles. The molecule has 2 rings (SSSR count). The summed E-state index contributed by atoms with van der Waals surface area (Å²) < 4.78 is 13.6. The van der Waals surface area contributed by atoms with Crippen LogP contribution in [0.25, 0.3) is 11.1 Å². The zero-order chi connectivity index (χ0) is 15.6. The number of hydrogen-bond acceptors (Lipinski definition) is 3. The molecule has 21 heavy (non-hydrogen) atoms. The molecular formula is C15H10FN3O2. The highest BCUT2D eigenvalue weighted by Crippen LogP contribution is 2.29. The van der Waals surface area contributed by atoms with Crippen LogP contribution in [-0.2, 0) is 0 Å². The number of carbonyl (C=O) groups excluding carboxylic acids is 2. The summed E-state index contributed by atoms with van der Waals surface area (Å²) in [6, 6.07) is 9.57. The first-order valence-electron chi connectivity index (χ1n) is 5.87. The normalized spacial score (nSPS) is 9.90. The second-order valence-corrected chi connectivity index (χ2v) is 4.30. The fourth-order valence-electron chi connectivity index (χ4n) is 2.07. The van der Waals surface area contributed by atoms with Gasteiger partial charge in [-0.1, -0.05) is 6.07 Å². The molecule has 6 heteroatoms. The van der Waals surface area contributed by atoms with E-state index >= 15 is 0 Å². The highest BCUT2D eigenvalue weighted by atomic mass is 19.1. The Bertz CT molecular complexity index is 762. The van der Waals surface area contributed by atoms with Gasteiger partial charge >= 0.3 is 0 Å². The second kappa shape index (κ2) is 5.43. The van der Waals surface area contributed by atoms with Crippen molar-refractivity contribution in [3.05, 3.63) is 58.9 Å². The fourth-order valence-corrected chi connectivity index (χ4v) is 2.07. The maximum atomic E-state index is 13.6. The summed E-state index contributed by atoms with van der Waals surface area (Å²) in [5.74, 6) is -2.23. The lowest BCUT2D eigenvalue weighted by atomic mass is 9.92. The number of amides is 2. The molecule has 0 bridgehead atoms. The predicted octanol–water partition coefficient (Wildman–Crippen LogP) is 1.56. The van der Waals surface area contributed by atoms with Crippen LogP contribution >= 0.6 is 0 Å². The number of nitrogens with zero attached hydrogens (tertiary/aromatic N) is 1. The van der Waals surface area contributed by atoms with Gasteiger partial charge in [0.15, 0.2) is 0 Å². The number of hydrogen-bond donors (Lipinski definition) is 2.